The predicted octanol–water partition coefficient (Wildman–Crippen LogP) is 4.46. The molecule has 28 heavy (non-hydrogen) atoms. The van der Waals surface area contributed by atoms with Crippen molar-refractivity contribution in [3.63, 3.8) is 0 Å². The molecule has 1 aromatic carbocycles. The van der Waals surface area contributed by atoms with Gasteiger partial charge in [0.2, 0.25) is 0 Å². The molecule has 3 rings (SSSR count). The Morgan fingerprint density at radius 1 is 1.25 bits per heavy atom. The molecule has 2 heterocycles. The van der Waals surface area contributed by atoms with E-state index in [1.807, 2.05) is 51.1 Å². The van der Waals surface area contributed by atoms with Crippen molar-refractivity contribution in [1.29, 1.82) is 0 Å². The number of hydrogen-bond acceptors (Lipinski definition) is 5. The lowest BCUT2D eigenvalue weighted by molar-refractivity contribution is 0.101. The van der Waals surface area contributed by atoms with E-state index in [-0.39, 0.29) is 24.2 Å². The van der Waals surface area contributed by atoms with E-state index < -0.39 is 0 Å². The fraction of sp³-hybridized carbons (Fsp3) is 0.381. The van der Waals surface area contributed by atoms with Crippen LogP contribution in [0.15, 0.2) is 34.9 Å². The van der Waals surface area contributed by atoms with Gasteiger partial charge in [-0.25, -0.2) is 4.68 Å². The van der Waals surface area contributed by atoms with Crippen molar-refractivity contribution in [2.24, 2.45) is 0 Å². The van der Waals surface area contributed by atoms with E-state index in [0.717, 1.165) is 17.9 Å². The van der Waals surface area contributed by atoms with Gasteiger partial charge in [0.15, 0.2) is 5.69 Å². The van der Waals surface area contributed by atoms with Gasteiger partial charge in [0.05, 0.1) is 11.3 Å². The summed E-state index contributed by atoms with van der Waals surface area (Å²) in [6.07, 6.45) is 0.974. The molecule has 1 N–H and O–H groups in total. The molecule has 0 saturated carbocycles. The minimum absolute atomic E-state index is 0.122. The number of nitrogens with one attached hydrogen (secondary N) is 1. The number of carbonyl (C=O) groups is 1. The highest BCUT2D eigenvalue weighted by Gasteiger charge is 2.22. The summed E-state index contributed by atoms with van der Waals surface area (Å²) < 4.78 is 12.9. The maximum Gasteiger partial charge on any atom is 0.279 e. The lowest BCUT2D eigenvalue weighted by Crippen LogP contribution is -2.19. The zero-order chi connectivity index (χ0) is 20.3. The van der Waals surface area contributed by atoms with E-state index in [4.69, 9.17) is 9.26 Å². The Labute approximate surface area is 164 Å². The predicted molar refractivity (Wildman–Crippen MR) is 107 cm³/mol. The molecule has 3 aromatic rings. The van der Waals surface area contributed by atoms with Crippen LogP contribution in [0.25, 0.3) is 0 Å². The normalized spacial score (nSPS) is 11.1. The third kappa shape index (κ3) is 4.24. The maximum absolute atomic E-state index is 12.8. The molecule has 0 spiro atoms. The number of benzene rings is 1. The van der Waals surface area contributed by atoms with E-state index in [1.165, 1.54) is 5.56 Å². The second-order valence-corrected chi connectivity index (χ2v) is 7.02. The van der Waals surface area contributed by atoms with Crippen LogP contribution < -0.4 is 10.1 Å². The number of aromatic nitrogens is 3. The number of hydrogen-bond donors (Lipinski definition) is 1. The lowest BCUT2D eigenvalue weighted by atomic mass is 10.1. The van der Waals surface area contributed by atoms with Crippen molar-refractivity contribution in [2.45, 2.75) is 53.7 Å². The summed E-state index contributed by atoms with van der Waals surface area (Å²) in [4.78, 5) is 12.8. The van der Waals surface area contributed by atoms with Gasteiger partial charge in [0, 0.05) is 12.1 Å². The molecule has 1 amide bonds. The highest BCUT2D eigenvalue weighted by atomic mass is 16.5. The minimum atomic E-state index is -0.349. The van der Waals surface area contributed by atoms with Gasteiger partial charge in [-0.2, -0.15) is 5.10 Å². The summed E-state index contributed by atoms with van der Waals surface area (Å²) in [5, 5.41) is 11.2. The Morgan fingerprint density at radius 2 is 1.96 bits per heavy atom. The van der Waals surface area contributed by atoms with Crippen LogP contribution >= 0.6 is 0 Å². The molecular formula is C21H26N4O3. The molecule has 0 radical (unpaired) electrons. The summed E-state index contributed by atoms with van der Waals surface area (Å²) in [7, 11) is 0. The molecule has 0 aliphatic rings. The summed E-state index contributed by atoms with van der Waals surface area (Å²) in [5.74, 6) is 1.57. The quantitative estimate of drug-likeness (QED) is 0.652. The van der Waals surface area contributed by atoms with E-state index in [2.05, 4.69) is 22.5 Å². The molecule has 0 unspecified atom stereocenters. The van der Waals surface area contributed by atoms with Gasteiger partial charge in [-0.05, 0) is 51.8 Å². The van der Waals surface area contributed by atoms with Gasteiger partial charge in [-0.3, -0.25) is 4.79 Å². The van der Waals surface area contributed by atoms with Crippen molar-refractivity contribution in [1.82, 2.24) is 14.9 Å². The third-order valence-electron chi connectivity index (χ3n) is 4.50. The molecule has 148 valence electrons. The van der Waals surface area contributed by atoms with Gasteiger partial charge >= 0.3 is 0 Å². The maximum atomic E-state index is 12.8. The Hall–Kier alpha value is -3.09. The van der Waals surface area contributed by atoms with E-state index >= 15 is 0 Å². The molecule has 0 bridgehead atoms. The minimum Gasteiger partial charge on any atom is -0.489 e. The molecule has 7 heteroatoms. The molecule has 0 saturated heterocycles. The largest absolute Gasteiger partial charge is 0.489 e. The number of amides is 1. The average molecular weight is 382 g/mol. The summed E-state index contributed by atoms with van der Waals surface area (Å²) >= 11 is 0. The van der Waals surface area contributed by atoms with E-state index in [0.29, 0.717) is 17.1 Å². The SMILES string of the molecule is CCc1ccc(OCc2c(C(=O)Nc3cc(C)nn3C(C)C)noc2C)cc1. The number of carbonyl (C=O) groups excluding carboxylic acids is 1. The van der Waals surface area contributed by atoms with Crippen LogP contribution in [0.1, 0.15) is 59.9 Å². The van der Waals surface area contributed by atoms with Crippen LogP contribution in [0.3, 0.4) is 0 Å². The Balaban J connectivity index is 1.75. The smallest absolute Gasteiger partial charge is 0.279 e. The van der Waals surface area contributed by atoms with Crippen LogP contribution in [0.5, 0.6) is 5.75 Å². The molecule has 0 aliphatic heterocycles. The van der Waals surface area contributed by atoms with Gasteiger partial charge < -0.3 is 14.6 Å². The number of nitrogens with zero attached hydrogens (tertiary/aromatic N) is 3. The van der Waals surface area contributed by atoms with Gasteiger partial charge in [0.1, 0.15) is 23.9 Å². The Kier molecular flexibility index (Phi) is 5.82. The van der Waals surface area contributed by atoms with Crippen molar-refractivity contribution in [3.8, 4) is 5.75 Å². The number of aryl methyl sites for hydroxylation is 3. The summed E-state index contributed by atoms with van der Waals surface area (Å²) in [6, 6.07) is 9.85. The molecule has 0 fully saturated rings. The van der Waals surface area contributed by atoms with Crippen LogP contribution in [-0.4, -0.2) is 20.8 Å². The van der Waals surface area contributed by atoms with E-state index in [9.17, 15) is 4.79 Å². The van der Waals surface area contributed by atoms with Crippen molar-refractivity contribution < 1.29 is 14.1 Å². The second kappa shape index (κ2) is 8.29. The summed E-state index contributed by atoms with van der Waals surface area (Å²) in [6.45, 7) is 9.97. The van der Waals surface area contributed by atoms with Crippen molar-refractivity contribution in [2.75, 3.05) is 5.32 Å². The second-order valence-electron chi connectivity index (χ2n) is 7.02. The fourth-order valence-electron chi connectivity index (χ4n) is 2.90. The molecule has 0 atom stereocenters. The first-order valence-corrected chi connectivity index (χ1v) is 9.43. The van der Waals surface area contributed by atoms with Crippen LogP contribution in [0.4, 0.5) is 5.82 Å². The Morgan fingerprint density at radius 3 is 2.61 bits per heavy atom. The molecule has 2 aromatic heterocycles. The zero-order valence-corrected chi connectivity index (χ0v) is 16.9. The highest BCUT2D eigenvalue weighted by molar-refractivity contribution is 6.03. The molecule has 7 nitrogen and oxygen atoms in total. The zero-order valence-electron chi connectivity index (χ0n) is 16.9. The Bertz CT molecular complexity index is 955. The molecule has 0 aliphatic carbocycles. The van der Waals surface area contributed by atoms with Gasteiger partial charge in [0.25, 0.3) is 5.91 Å². The topological polar surface area (TPSA) is 82.2 Å². The van der Waals surface area contributed by atoms with Crippen molar-refractivity contribution >= 4 is 11.7 Å². The summed E-state index contributed by atoms with van der Waals surface area (Å²) in [5.41, 5.74) is 2.92. The van der Waals surface area contributed by atoms with Crippen LogP contribution in [0.2, 0.25) is 0 Å². The van der Waals surface area contributed by atoms with Crippen LogP contribution in [0, 0.1) is 13.8 Å². The van der Waals surface area contributed by atoms with Gasteiger partial charge in [-0.1, -0.05) is 24.2 Å². The average Bonchev–Trinajstić information content (AvgIpc) is 3.22. The first kappa shape index (κ1) is 19.7. The number of ether oxygens (including phenoxy) is 1. The van der Waals surface area contributed by atoms with Crippen molar-refractivity contribution in [3.05, 3.63) is 58.6 Å². The monoisotopic (exact) mass is 382 g/mol. The fourth-order valence-corrected chi connectivity index (χ4v) is 2.90. The number of anilines is 1. The standard InChI is InChI=1S/C21H26N4O3/c1-6-16-7-9-17(10-8-16)27-12-18-15(5)28-24-20(18)21(26)22-19-11-14(4)23-25(19)13(2)3/h7-11,13H,6,12H2,1-5H3,(H,22,26). The highest BCUT2D eigenvalue weighted by Crippen LogP contribution is 2.21. The lowest BCUT2D eigenvalue weighted by Gasteiger charge is -2.11. The first-order chi connectivity index (χ1) is 13.4. The number of rotatable bonds is 7. The first-order valence-electron chi connectivity index (χ1n) is 9.43. The van der Waals surface area contributed by atoms with Crippen LogP contribution in [-0.2, 0) is 13.0 Å². The third-order valence-corrected chi connectivity index (χ3v) is 4.50. The molecular weight excluding hydrogens is 356 g/mol. The van der Waals surface area contributed by atoms with E-state index in [1.54, 1.807) is 11.6 Å². The van der Waals surface area contributed by atoms with Gasteiger partial charge in [-0.15, -0.1) is 0 Å².